The van der Waals surface area contributed by atoms with Crippen LogP contribution in [0.4, 0.5) is 0 Å². The summed E-state index contributed by atoms with van der Waals surface area (Å²) in [6, 6.07) is -0.716. The van der Waals surface area contributed by atoms with Crippen LogP contribution in [0.5, 0.6) is 0 Å². The molecule has 2 aliphatic heterocycles. The molecule has 0 spiro atoms. The number of methoxy groups -OCH3 is 1. The van der Waals surface area contributed by atoms with E-state index in [1.807, 2.05) is 0 Å². The molecule has 2 N–H and O–H groups in total. The third kappa shape index (κ3) is 5.48. The summed E-state index contributed by atoms with van der Waals surface area (Å²) in [5.41, 5.74) is 0.603. The summed E-state index contributed by atoms with van der Waals surface area (Å²) in [4.78, 5) is 37.6. The summed E-state index contributed by atoms with van der Waals surface area (Å²) >= 11 is 4.02. The van der Waals surface area contributed by atoms with Crippen molar-refractivity contribution in [2.75, 3.05) is 30.3 Å². The molecule has 0 radical (unpaired) electrons. The summed E-state index contributed by atoms with van der Waals surface area (Å²) in [6.07, 6.45) is 0. The Bertz CT molecular complexity index is 828. The Morgan fingerprint density at radius 3 is 2.86 bits per heavy atom. The first-order valence-corrected chi connectivity index (χ1v) is 11.2. The topological polar surface area (TPSA) is 140 Å². The molecule has 29 heavy (non-hydrogen) atoms. The fourth-order valence-corrected chi connectivity index (χ4v) is 5.58. The number of aliphatic carboxylic acids is 1. The number of thioether (sulfide) groups is 3. The summed E-state index contributed by atoms with van der Waals surface area (Å²) in [6.45, 7) is 0. The number of hydrogen-bond acceptors (Lipinski definition) is 10. The van der Waals surface area contributed by atoms with E-state index in [-0.39, 0.29) is 48.3 Å². The molecule has 154 valence electrons. The maximum Gasteiger partial charge on any atom is 1.00 e. The number of nitrogens with zero attached hydrogens (tertiary/aromatic N) is 5. The summed E-state index contributed by atoms with van der Waals surface area (Å²) < 4.78 is 6.36. The first kappa shape index (κ1) is 24.5. The van der Waals surface area contributed by atoms with Crippen molar-refractivity contribution >= 4 is 53.1 Å². The number of hydrogen-bond donors (Lipinski definition) is 2. The molecule has 3 heterocycles. The number of amides is 2. The van der Waals surface area contributed by atoms with E-state index in [9.17, 15) is 19.5 Å². The van der Waals surface area contributed by atoms with Crippen molar-refractivity contribution in [1.82, 2.24) is 30.4 Å². The van der Waals surface area contributed by atoms with E-state index in [1.54, 1.807) is 7.05 Å². The third-order valence-electron chi connectivity index (χ3n) is 3.96. The summed E-state index contributed by atoms with van der Waals surface area (Å²) in [7, 11) is 3.23. The maximum atomic E-state index is 12.5. The van der Waals surface area contributed by atoms with Gasteiger partial charge in [-0.05, 0) is 16.0 Å². The van der Waals surface area contributed by atoms with Crippen LogP contribution in [-0.2, 0) is 26.2 Å². The van der Waals surface area contributed by atoms with Crippen LogP contribution in [0.3, 0.4) is 0 Å². The van der Waals surface area contributed by atoms with Gasteiger partial charge in [0.25, 0.3) is 5.91 Å². The number of carboxylic acids is 1. The van der Waals surface area contributed by atoms with Crippen LogP contribution < -0.4 is 34.9 Å². The molecule has 2 atom stereocenters. The predicted octanol–water partition coefficient (Wildman–Crippen LogP) is -3.51. The van der Waals surface area contributed by atoms with Crippen LogP contribution in [0.25, 0.3) is 0 Å². The molecule has 1 aromatic heterocycles. The average molecular weight is 471 g/mol. The predicted molar refractivity (Wildman–Crippen MR) is 105 cm³/mol. The van der Waals surface area contributed by atoms with E-state index in [2.05, 4.69) is 20.8 Å². The molecule has 3 rings (SSSR count). The SMILES string of the molecule is COCSCC(=O)NC1C(=O)N2C(C(=O)O)=C(CSc3nnnn3C)CSC12.[H-].[Na+]. The number of ether oxygens (including phenoxy) is 1. The fourth-order valence-electron chi connectivity index (χ4n) is 2.72. The first-order chi connectivity index (χ1) is 13.4. The van der Waals surface area contributed by atoms with Gasteiger partial charge in [-0.2, -0.15) is 0 Å². The number of carbonyl (C=O) groups is 3. The van der Waals surface area contributed by atoms with Crippen molar-refractivity contribution in [3.63, 3.8) is 0 Å². The van der Waals surface area contributed by atoms with E-state index in [0.717, 1.165) is 0 Å². The molecular formula is C14H19N6NaO5S3. The second kappa shape index (κ2) is 11.0. The van der Waals surface area contributed by atoms with Crippen molar-refractivity contribution in [3.8, 4) is 0 Å². The minimum Gasteiger partial charge on any atom is -1.00 e. The van der Waals surface area contributed by atoms with Crippen molar-refractivity contribution in [2.45, 2.75) is 16.6 Å². The van der Waals surface area contributed by atoms with Crippen molar-refractivity contribution in [1.29, 1.82) is 0 Å². The number of rotatable bonds is 9. The fraction of sp³-hybridized carbons (Fsp3) is 0.571. The summed E-state index contributed by atoms with van der Waals surface area (Å²) in [5.74, 6) is -0.511. The quantitative estimate of drug-likeness (QED) is 0.122. The van der Waals surface area contributed by atoms with Crippen LogP contribution in [0, 0.1) is 0 Å². The molecule has 11 nitrogen and oxygen atoms in total. The van der Waals surface area contributed by atoms with Gasteiger partial charge in [-0.25, -0.2) is 9.48 Å². The number of tetrazole rings is 1. The van der Waals surface area contributed by atoms with Crippen molar-refractivity contribution < 1.29 is 55.2 Å². The molecule has 1 aromatic rings. The van der Waals surface area contributed by atoms with Crippen LogP contribution in [-0.4, -0.2) is 89.7 Å². The van der Waals surface area contributed by atoms with Gasteiger partial charge in [0.2, 0.25) is 11.1 Å². The van der Waals surface area contributed by atoms with Gasteiger partial charge in [0.05, 0.1) is 11.7 Å². The van der Waals surface area contributed by atoms with Gasteiger partial charge in [0.1, 0.15) is 17.1 Å². The van der Waals surface area contributed by atoms with Gasteiger partial charge >= 0.3 is 35.5 Å². The summed E-state index contributed by atoms with van der Waals surface area (Å²) in [5, 5.41) is 23.6. The van der Waals surface area contributed by atoms with Crippen molar-refractivity contribution in [2.24, 2.45) is 7.05 Å². The molecule has 15 heteroatoms. The third-order valence-corrected chi connectivity index (χ3v) is 7.26. The van der Waals surface area contributed by atoms with Crippen LogP contribution in [0.1, 0.15) is 1.43 Å². The van der Waals surface area contributed by atoms with Crippen LogP contribution in [0.15, 0.2) is 16.4 Å². The Hall–Kier alpha value is -0.770. The van der Waals surface area contributed by atoms with Gasteiger partial charge in [-0.3, -0.25) is 14.5 Å². The zero-order valence-electron chi connectivity index (χ0n) is 17.0. The van der Waals surface area contributed by atoms with E-state index in [0.29, 0.717) is 28.2 Å². The Morgan fingerprint density at radius 1 is 1.48 bits per heavy atom. The van der Waals surface area contributed by atoms with E-state index >= 15 is 0 Å². The first-order valence-electron chi connectivity index (χ1n) is 8.05. The normalized spacial score (nSPS) is 20.6. The molecule has 1 saturated heterocycles. The number of β-lactam (4-membered cyclic amide) rings is 1. The monoisotopic (exact) mass is 470 g/mol. The number of aromatic nitrogens is 4. The smallest absolute Gasteiger partial charge is 1.00 e. The Balaban J connectivity index is 0.00000225. The molecule has 0 saturated carbocycles. The van der Waals surface area contributed by atoms with Gasteiger partial charge in [-0.15, -0.1) is 28.6 Å². The zero-order valence-corrected chi connectivity index (χ0v) is 20.5. The number of aryl methyl sites for hydroxylation is 1. The minimum absolute atomic E-state index is 0. The minimum atomic E-state index is -1.16. The molecule has 0 aromatic carbocycles. The second-order valence-corrected chi connectivity index (χ2v) is 8.82. The number of nitrogens with one attached hydrogen (secondary N) is 1. The maximum absolute atomic E-state index is 12.5. The molecular weight excluding hydrogens is 451 g/mol. The van der Waals surface area contributed by atoms with E-state index in [1.165, 1.54) is 52.0 Å². The number of fused-ring (bicyclic) bond motifs is 1. The van der Waals surface area contributed by atoms with Gasteiger partial charge < -0.3 is 16.6 Å². The Kier molecular flexibility index (Phi) is 9.31. The van der Waals surface area contributed by atoms with E-state index < -0.39 is 23.3 Å². The van der Waals surface area contributed by atoms with Gasteiger partial charge in [-0.1, -0.05) is 11.8 Å². The standard InChI is InChI=1S/C14H18N6O5S3.Na.H/c1-19-14(16-17-18-19)28-4-7-3-27-12-9(15-8(21)5-26-6-25-2)11(22)20(12)10(7)13(23)24;;/h9,12H,3-6H2,1-2H3,(H,15,21)(H,23,24);;/q;+1;-1. The molecule has 2 unspecified atom stereocenters. The Morgan fingerprint density at radius 2 is 2.24 bits per heavy atom. The molecule has 2 aliphatic rings. The van der Waals surface area contributed by atoms with Crippen molar-refractivity contribution in [3.05, 3.63) is 11.3 Å². The second-order valence-electron chi connectivity index (χ2n) is 5.84. The molecule has 1 fully saturated rings. The van der Waals surface area contributed by atoms with Gasteiger partial charge in [0.15, 0.2) is 0 Å². The number of carboxylic acid groups (broad SMARTS) is 1. The van der Waals surface area contributed by atoms with E-state index in [4.69, 9.17) is 4.74 Å². The molecule has 0 aliphatic carbocycles. The number of carbonyl (C=O) groups excluding carboxylic acids is 2. The molecule has 0 bridgehead atoms. The molecule has 2 amide bonds. The van der Waals surface area contributed by atoms with Crippen LogP contribution >= 0.6 is 35.3 Å². The van der Waals surface area contributed by atoms with Gasteiger partial charge in [0, 0.05) is 25.7 Å². The largest absolute Gasteiger partial charge is 1.00 e. The van der Waals surface area contributed by atoms with Crippen LogP contribution in [0.2, 0.25) is 0 Å². The zero-order chi connectivity index (χ0) is 20.3. The average Bonchev–Trinajstić information content (AvgIpc) is 3.08. The Labute approximate surface area is 202 Å².